The van der Waals surface area contributed by atoms with Crippen molar-refractivity contribution in [3.8, 4) is 0 Å². The van der Waals surface area contributed by atoms with Crippen LogP contribution in [-0.2, 0) is 0 Å². The molecule has 1 aliphatic heterocycles. The van der Waals surface area contributed by atoms with E-state index in [0.717, 1.165) is 12.1 Å². The number of nitrogens with zero attached hydrogens (tertiary/aromatic N) is 1. The Balaban J connectivity index is 2.23. The van der Waals surface area contributed by atoms with Crippen molar-refractivity contribution in [2.45, 2.75) is 39.7 Å². The number of nitrogens with one attached hydrogen (secondary N) is 1. The summed E-state index contributed by atoms with van der Waals surface area (Å²) in [5, 5.41) is 0. The zero-order chi connectivity index (χ0) is 12.4. The highest BCUT2D eigenvalue weighted by molar-refractivity contribution is 5.26. The smallest absolute Gasteiger partial charge is 0.248 e. The lowest BCUT2D eigenvalue weighted by molar-refractivity contribution is 0.228. The third-order valence-corrected chi connectivity index (χ3v) is 3.50. The van der Waals surface area contributed by atoms with E-state index in [2.05, 4.69) is 23.7 Å². The van der Waals surface area contributed by atoms with Crippen LogP contribution in [0.25, 0.3) is 0 Å². The lowest BCUT2D eigenvalue weighted by Gasteiger charge is -2.27. The van der Waals surface area contributed by atoms with Gasteiger partial charge in [-0.1, -0.05) is 13.8 Å². The summed E-state index contributed by atoms with van der Waals surface area (Å²) in [7, 11) is 0. The van der Waals surface area contributed by atoms with Crippen molar-refractivity contribution >= 4 is 0 Å². The molecule has 1 N–H and O–H groups in total. The quantitative estimate of drug-likeness (QED) is 0.872. The Kier molecular flexibility index (Phi) is 3.67. The molecule has 1 aliphatic rings. The van der Waals surface area contributed by atoms with Gasteiger partial charge in [0, 0.05) is 24.8 Å². The molecule has 0 saturated carbocycles. The summed E-state index contributed by atoms with van der Waals surface area (Å²) < 4.78 is 0. The van der Waals surface area contributed by atoms with Crippen LogP contribution in [0, 0.1) is 12.8 Å². The van der Waals surface area contributed by atoms with Crippen molar-refractivity contribution < 1.29 is 0 Å². The monoisotopic (exact) mass is 234 g/mol. The molecule has 3 heteroatoms. The Morgan fingerprint density at radius 1 is 1.53 bits per heavy atom. The Hall–Kier alpha value is -1.09. The van der Waals surface area contributed by atoms with Crippen molar-refractivity contribution in [1.82, 2.24) is 9.88 Å². The van der Waals surface area contributed by atoms with E-state index in [1.54, 1.807) is 6.07 Å². The van der Waals surface area contributed by atoms with Crippen LogP contribution in [0.3, 0.4) is 0 Å². The molecule has 0 unspecified atom stereocenters. The number of pyridine rings is 1. The molecule has 0 radical (unpaired) electrons. The minimum atomic E-state index is -0.000318. The first-order valence-electron chi connectivity index (χ1n) is 6.51. The number of hydrogen-bond donors (Lipinski definition) is 1. The van der Waals surface area contributed by atoms with Crippen LogP contribution in [0.2, 0.25) is 0 Å². The van der Waals surface area contributed by atoms with E-state index >= 15 is 0 Å². The highest BCUT2D eigenvalue weighted by Crippen LogP contribution is 2.33. The first kappa shape index (κ1) is 12.4. The van der Waals surface area contributed by atoms with E-state index in [-0.39, 0.29) is 5.56 Å². The van der Waals surface area contributed by atoms with Gasteiger partial charge in [-0.05, 0) is 43.4 Å². The molecule has 1 aromatic heterocycles. The van der Waals surface area contributed by atoms with E-state index in [9.17, 15) is 4.79 Å². The van der Waals surface area contributed by atoms with E-state index in [1.165, 1.54) is 24.9 Å². The standard InChI is InChI=1S/C14H22N2O/c1-10(2)9-16-6-4-5-13(16)12-8-15-14(17)7-11(12)3/h7-8,10,13H,4-6,9H2,1-3H3,(H,15,17)/t13-/m0/s1. The second-order valence-corrected chi connectivity index (χ2v) is 5.48. The molecule has 1 saturated heterocycles. The molecule has 0 amide bonds. The molecule has 2 rings (SSSR count). The number of hydrogen-bond acceptors (Lipinski definition) is 2. The maximum atomic E-state index is 11.2. The van der Waals surface area contributed by atoms with E-state index in [1.807, 2.05) is 13.1 Å². The lowest BCUT2D eigenvalue weighted by atomic mass is 10.0. The first-order chi connectivity index (χ1) is 8.08. The zero-order valence-corrected chi connectivity index (χ0v) is 11.0. The van der Waals surface area contributed by atoms with Crippen LogP contribution in [0.5, 0.6) is 0 Å². The summed E-state index contributed by atoms with van der Waals surface area (Å²) >= 11 is 0. The SMILES string of the molecule is Cc1cc(=O)[nH]cc1[C@@H]1CCCN1CC(C)C. The van der Waals surface area contributed by atoms with Gasteiger partial charge in [0.1, 0.15) is 0 Å². The van der Waals surface area contributed by atoms with Crippen LogP contribution in [-0.4, -0.2) is 23.0 Å². The molecule has 1 aromatic rings. The number of aromatic nitrogens is 1. The van der Waals surface area contributed by atoms with E-state index < -0.39 is 0 Å². The fraction of sp³-hybridized carbons (Fsp3) is 0.643. The predicted molar refractivity (Wildman–Crippen MR) is 70.2 cm³/mol. The predicted octanol–water partition coefficient (Wildman–Crippen LogP) is 2.48. The van der Waals surface area contributed by atoms with Gasteiger partial charge in [-0.3, -0.25) is 9.69 Å². The molecule has 0 bridgehead atoms. The number of likely N-dealkylation sites (tertiary alicyclic amines) is 1. The lowest BCUT2D eigenvalue weighted by Crippen LogP contribution is -2.28. The fourth-order valence-corrected chi connectivity index (χ4v) is 2.81. The van der Waals surface area contributed by atoms with Gasteiger partial charge in [0.2, 0.25) is 5.56 Å². The van der Waals surface area contributed by atoms with Gasteiger partial charge in [-0.15, -0.1) is 0 Å². The normalized spacial score (nSPS) is 21.3. The first-order valence-corrected chi connectivity index (χ1v) is 6.51. The third-order valence-electron chi connectivity index (χ3n) is 3.50. The largest absolute Gasteiger partial charge is 0.329 e. The summed E-state index contributed by atoms with van der Waals surface area (Å²) in [5.74, 6) is 0.693. The second kappa shape index (κ2) is 5.05. The number of aromatic amines is 1. The van der Waals surface area contributed by atoms with Gasteiger partial charge in [0.25, 0.3) is 0 Å². The molecule has 94 valence electrons. The summed E-state index contributed by atoms with van der Waals surface area (Å²) in [6.45, 7) is 8.88. The second-order valence-electron chi connectivity index (χ2n) is 5.48. The van der Waals surface area contributed by atoms with Gasteiger partial charge in [0.05, 0.1) is 0 Å². The third kappa shape index (κ3) is 2.78. The molecule has 0 spiro atoms. The van der Waals surface area contributed by atoms with E-state index in [4.69, 9.17) is 0 Å². The fourth-order valence-electron chi connectivity index (χ4n) is 2.81. The molecule has 0 aliphatic carbocycles. The summed E-state index contributed by atoms with van der Waals surface area (Å²) in [4.78, 5) is 16.6. The topological polar surface area (TPSA) is 36.1 Å². The van der Waals surface area contributed by atoms with Crippen molar-refractivity contribution in [2.75, 3.05) is 13.1 Å². The molecule has 1 atom stereocenters. The van der Waals surface area contributed by atoms with Crippen molar-refractivity contribution in [3.05, 3.63) is 33.7 Å². The molecule has 3 nitrogen and oxygen atoms in total. The van der Waals surface area contributed by atoms with Crippen molar-refractivity contribution in [2.24, 2.45) is 5.92 Å². The van der Waals surface area contributed by atoms with Crippen LogP contribution >= 0.6 is 0 Å². The number of H-pyrrole nitrogens is 1. The Morgan fingerprint density at radius 3 is 2.94 bits per heavy atom. The van der Waals surface area contributed by atoms with Gasteiger partial charge in [-0.2, -0.15) is 0 Å². The van der Waals surface area contributed by atoms with Crippen LogP contribution < -0.4 is 5.56 Å². The van der Waals surface area contributed by atoms with Gasteiger partial charge >= 0.3 is 0 Å². The molecule has 0 aromatic carbocycles. The van der Waals surface area contributed by atoms with Crippen LogP contribution in [0.4, 0.5) is 0 Å². The summed E-state index contributed by atoms with van der Waals surface area (Å²) in [5.41, 5.74) is 2.41. The Morgan fingerprint density at radius 2 is 2.29 bits per heavy atom. The van der Waals surface area contributed by atoms with Crippen molar-refractivity contribution in [1.29, 1.82) is 0 Å². The molecule has 17 heavy (non-hydrogen) atoms. The highest BCUT2D eigenvalue weighted by Gasteiger charge is 2.27. The molecule has 2 heterocycles. The van der Waals surface area contributed by atoms with Crippen molar-refractivity contribution in [3.63, 3.8) is 0 Å². The maximum Gasteiger partial charge on any atom is 0.248 e. The zero-order valence-electron chi connectivity index (χ0n) is 11.0. The number of rotatable bonds is 3. The van der Waals surface area contributed by atoms with Gasteiger partial charge in [0.15, 0.2) is 0 Å². The van der Waals surface area contributed by atoms with E-state index in [0.29, 0.717) is 12.0 Å². The summed E-state index contributed by atoms with van der Waals surface area (Å²) in [6.07, 6.45) is 4.37. The number of aryl methyl sites for hydroxylation is 1. The minimum Gasteiger partial charge on any atom is -0.329 e. The Labute approximate surface area is 103 Å². The molecule has 1 fully saturated rings. The summed E-state index contributed by atoms with van der Waals surface area (Å²) in [6, 6.07) is 2.20. The highest BCUT2D eigenvalue weighted by atomic mass is 16.1. The van der Waals surface area contributed by atoms with Gasteiger partial charge < -0.3 is 4.98 Å². The molecular formula is C14H22N2O. The maximum absolute atomic E-state index is 11.2. The average molecular weight is 234 g/mol. The average Bonchev–Trinajstić information content (AvgIpc) is 2.65. The van der Waals surface area contributed by atoms with Crippen LogP contribution in [0.15, 0.2) is 17.1 Å². The minimum absolute atomic E-state index is 0.000318. The van der Waals surface area contributed by atoms with Crippen LogP contribution in [0.1, 0.15) is 43.9 Å². The van der Waals surface area contributed by atoms with Gasteiger partial charge in [-0.25, -0.2) is 0 Å². The Bertz CT molecular complexity index is 436. The molecular weight excluding hydrogens is 212 g/mol.